The van der Waals surface area contributed by atoms with Gasteiger partial charge in [-0.3, -0.25) is 4.79 Å². The molecule has 1 amide bonds. The van der Waals surface area contributed by atoms with Crippen molar-refractivity contribution in [2.45, 2.75) is 38.8 Å². The lowest BCUT2D eigenvalue weighted by Crippen LogP contribution is -2.36. The van der Waals surface area contributed by atoms with Gasteiger partial charge in [0.1, 0.15) is 0 Å². The van der Waals surface area contributed by atoms with Gasteiger partial charge in [0.05, 0.1) is 6.26 Å². The standard InChI is InChI=1S/C15H22N2O3S/c1-12-3-5-13(6-4-12)11-16-15(18)9-10-17(14-7-8-14)21(2,19)20/h3-6,14H,7-11H2,1-2H3,(H,16,18). The molecule has 1 aliphatic carbocycles. The number of rotatable bonds is 7. The molecule has 116 valence electrons. The smallest absolute Gasteiger partial charge is 0.221 e. The molecule has 0 unspecified atom stereocenters. The highest BCUT2D eigenvalue weighted by Gasteiger charge is 2.34. The highest BCUT2D eigenvalue weighted by atomic mass is 32.2. The monoisotopic (exact) mass is 310 g/mol. The number of benzene rings is 1. The lowest BCUT2D eigenvalue weighted by atomic mass is 10.1. The molecule has 2 rings (SSSR count). The quantitative estimate of drug-likeness (QED) is 0.828. The van der Waals surface area contributed by atoms with E-state index in [1.165, 1.54) is 16.1 Å². The summed E-state index contributed by atoms with van der Waals surface area (Å²) in [4.78, 5) is 11.8. The van der Waals surface area contributed by atoms with Gasteiger partial charge in [-0.2, -0.15) is 4.31 Å². The van der Waals surface area contributed by atoms with Crippen molar-refractivity contribution in [3.63, 3.8) is 0 Å². The molecule has 5 nitrogen and oxygen atoms in total. The summed E-state index contributed by atoms with van der Waals surface area (Å²) >= 11 is 0. The van der Waals surface area contributed by atoms with Crippen LogP contribution in [-0.4, -0.2) is 37.5 Å². The second-order valence-corrected chi connectivity index (χ2v) is 7.55. The number of hydrogen-bond acceptors (Lipinski definition) is 3. The summed E-state index contributed by atoms with van der Waals surface area (Å²) in [5.41, 5.74) is 2.22. The van der Waals surface area contributed by atoms with Crippen LogP contribution in [0, 0.1) is 6.92 Å². The first-order valence-corrected chi connectivity index (χ1v) is 9.00. The summed E-state index contributed by atoms with van der Waals surface area (Å²) in [6.45, 7) is 2.75. The predicted octanol–water partition coefficient (Wildman–Crippen LogP) is 1.43. The van der Waals surface area contributed by atoms with E-state index in [-0.39, 0.29) is 24.9 Å². The Morgan fingerprint density at radius 1 is 1.29 bits per heavy atom. The van der Waals surface area contributed by atoms with Crippen LogP contribution in [0.15, 0.2) is 24.3 Å². The molecule has 1 aliphatic rings. The van der Waals surface area contributed by atoms with Crippen LogP contribution in [0.4, 0.5) is 0 Å². The van der Waals surface area contributed by atoms with Gasteiger partial charge >= 0.3 is 0 Å². The number of aryl methyl sites for hydroxylation is 1. The Kier molecular flexibility index (Phi) is 5.00. The third-order valence-corrected chi connectivity index (χ3v) is 4.88. The van der Waals surface area contributed by atoms with Gasteiger partial charge in [-0.15, -0.1) is 0 Å². The minimum atomic E-state index is -3.22. The van der Waals surface area contributed by atoms with E-state index in [0.717, 1.165) is 18.4 Å². The maximum Gasteiger partial charge on any atom is 0.221 e. The molecule has 0 saturated heterocycles. The molecular weight excluding hydrogens is 288 g/mol. The summed E-state index contributed by atoms with van der Waals surface area (Å²) in [5.74, 6) is -0.120. The second kappa shape index (κ2) is 6.58. The van der Waals surface area contributed by atoms with Crippen molar-refractivity contribution in [1.29, 1.82) is 0 Å². The molecule has 0 spiro atoms. The third kappa shape index (κ3) is 5.13. The van der Waals surface area contributed by atoms with E-state index in [4.69, 9.17) is 0 Å². The molecule has 0 aliphatic heterocycles. The van der Waals surface area contributed by atoms with Crippen LogP contribution in [0.25, 0.3) is 0 Å². The van der Waals surface area contributed by atoms with Crippen molar-refractivity contribution < 1.29 is 13.2 Å². The Morgan fingerprint density at radius 3 is 2.43 bits per heavy atom. The van der Waals surface area contributed by atoms with Gasteiger partial charge < -0.3 is 5.32 Å². The summed E-state index contributed by atoms with van der Waals surface area (Å²) in [6, 6.07) is 8.05. The van der Waals surface area contributed by atoms with E-state index in [1.807, 2.05) is 31.2 Å². The molecule has 1 fully saturated rings. The maximum atomic E-state index is 11.8. The van der Waals surface area contributed by atoms with Gasteiger partial charge in [0.25, 0.3) is 0 Å². The highest BCUT2D eigenvalue weighted by molar-refractivity contribution is 7.88. The molecule has 0 bridgehead atoms. The highest BCUT2D eigenvalue weighted by Crippen LogP contribution is 2.28. The van der Waals surface area contributed by atoms with E-state index in [9.17, 15) is 13.2 Å². The van der Waals surface area contributed by atoms with Gasteiger partial charge in [0, 0.05) is 25.6 Å². The first-order chi connectivity index (χ1) is 9.86. The van der Waals surface area contributed by atoms with Crippen molar-refractivity contribution in [3.05, 3.63) is 35.4 Å². The van der Waals surface area contributed by atoms with Gasteiger partial charge in [0.2, 0.25) is 15.9 Å². The zero-order valence-electron chi connectivity index (χ0n) is 12.5. The maximum absolute atomic E-state index is 11.8. The van der Waals surface area contributed by atoms with E-state index < -0.39 is 10.0 Å². The zero-order valence-corrected chi connectivity index (χ0v) is 13.3. The summed E-state index contributed by atoms with van der Waals surface area (Å²) in [5, 5.41) is 2.82. The van der Waals surface area contributed by atoms with Gasteiger partial charge in [-0.1, -0.05) is 29.8 Å². The number of amides is 1. The second-order valence-electron chi connectivity index (χ2n) is 5.62. The molecule has 0 atom stereocenters. The van der Waals surface area contributed by atoms with Gasteiger partial charge in [-0.05, 0) is 25.3 Å². The van der Waals surface area contributed by atoms with Crippen molar-refractivity contribution >= 4 is 15.9 Å². The number of carbonyl (C=O) groups is 1. The summed E-state index contributed by atoms with van der Waals surface area (Å²) < 4.78 is 24.7. The summed E-state index contributed by atoms with van der Waals surface area (Å²) in [7, 11) is -3.22. The Balaban J connectivity index is 1.78. The minimum absolute atomic E-state index is 0.102. The fourth-order valence-electron chi connectivity index (χ4n) is 2.19. The molecule has 1 saturated carbocycles. The molecule has 1 aromatic rings. The first kappa shape index (κ1) is 16.0. The number of hydrogen-bond donors (Lipinski definition) is 1. The van der Waals surface area contributed by atoms with Gasteiger partial charge in [0.15, 0.2) is 0 Å². The minimum Gasteiger partial charge on any atom is -0.352 e. The Morgan fingerprint density at radius 2 is 1.90 bits per heavy atom. The molecule has 1 N–H and O–H groups in total. The Hall–Kier alpha value is -1.40. The molecule has 21 heavy (non-hydrogen) atoms. The SMILES string of the molecule is Cc1ccc(CNC(=O)CCN(C2CC2)S(C)(=O)=O)cc1. The number of carbonyl (C=O) groups excluding carboxylic acids is 1. The topological polar surface area (TPSA) is 66.5 Å². The fourth-order valence-corrected chi connectivity index (χ4v) is 3.36. The molecule has 0 aromatic heterocycles. The van der Waals surface area contributed by atoms with Crippen molar-refractivity contribution in [2.24, 2.45) is 0 Å². The summed E-state index contributed by atoms with van der Waals surface area (Å²) in [6.07, 6.45) is 3.21. The number of sulfonamides is 1. The predicted molar refractivity (Wildman–Crippen MR) is 82.2 cm³/mol. The Labute approximate surface area is 126 Å². The fraction of sp³-hybridized carbons (Fsp3) is 0.533. The molecule has 1 aromatic carbocycles. The van der Waals surface area contributed by atoms with E-state index in [0.29, 0.717) is 6.54 Å². The lowest BCUT2D eigenvalue weighted by Gasteiger charge is -2.18. The van der Waals surface area contributed by atoms with Crippen molar-refractivity contribution in [3.8, 4) is 0 Å². The van der Waals surface area contributed by atoms with Crippen LogP contribution in [-0.2, 0) is 21.4 Å². The first-order valence-electron chi connectivity index (χ1n) is 7.15. The van der Waals surface area contributed by atoms with Gasteiger partial charge in [-0.25, -0.2) is 8.42 Å². The number of nitrogens with zero attached hydrogens (tertiary/aromatic N) is 1. The van der Waals surface area contributed by atoms with E-state index in [2.05, 4.69) is 5.32 Å². The Bertz CT molecular complexity index is 592. The zero-order chi connectivity index (χ0) is 15.5. The third-order valence-electron chi connectivity index (χ3n) is 3.55. The van der Waals surface area contributed by atoms with Crippen LogP contribution in [0.1, 0.15) is 30.4 Å². The van der Waals surface area contributed by atoms with Crippen LogP contribution < -0.4 is 5.32 Å². The van der Waals surface area contributed by atoms with Crippen LogP contribution >= 0.6 is 0 Å². The molecule has 0 radical (unpaired) electrons. The average molecular weight is 310 g/mol. The largest absolute Gasteiger partial charge is 0.352 e. The molecule has 0 heterocycles. The van der Waals surface area contributed by atoms with Crippen molar-refractivity contribution in [2.75, 3.05) is 12.8 Å². The van der Waals surface area contributed by atoms with Crippen LogP contribution in [0.5, 0.6) is 0 Å². The average Bonchev–Trinajstić information content (AvgIpc) is 3.21. The molecule has 6 heteroatoms. The van der Waals surface area contributed by atoms with E-state index >= 15 is 0 Å². The number of nitrogens with one attached hydrogen (secondary N) is 1. The molecular formula is C15H22N2O3S. The lowest BCUT2D eigenvalue weighted by molar-refractivity contribution is -0.121. The van der Waals surface area contributed by atoms with Crippen LogP contribution in [0.2, 0.25) is 0 Å². The van der Waals surface area contributed by atoms with Crippen molar-refractivity contribution in [1.82, 2.24) is 9.62 Å². The normalized spacial score (nSPS) is 15.2. The van der Waals surface area contributed by atoms with Crippen LogP contribution in [0.3, 0.4) is 0 Å². The van der Waals surface area contributed by atoms with E-state index in [1.54, 1.807) is 0 Å².